The molecule has 0 spiro atoms. The first-order chi connectivity index (χ1) is 10.3. The van der Waals surface area contributed by atoms with E-state index < -0.39 is 40.7 Å². The highest BCUT2D eigenvalue weighted by Gasteiger charge is 2.36. The van der Waals surface area contributed by atoms with Crippen LogP contribution in [0.2, 0.25) is 0 Å². The molecule has 2 N–H and O–H groups in total. The Morgan fingerprint density at radius 1 is 1.50 bits per heavy atom. The zero-order valence-electron chi connectivity index (χ0n) is 11.2. The largest absolute Gasteiger partial charge is 0.480 e. The van der Waals surface area contributed by atoms with E-state index in [-0.39, 0.29) is 17.9 Å². The zero-order valence-corrected chi connectivity index (χ0v) is 12.0. The third kappa shape index (κ3) is 3.95. The van der Waals surface area contributed by atoms with Crippen LogP contribution < -0.4 is 5.32 Å². The van der Waals surface area contributed by atoms with E-state index in [1.165, 1.54) is 0 Å². The molecule has 1 aromatic rings. The number of nitrogens with one attached hydrogen (secondary N) is 1. The van der Waals surface area contributed by atoms with Crippen molar-refractivity contribution in [1.82, 2.24) is 10.3 Å². The van der Waals surface area contributed by atoms with Gasteiger partial charge in [-0.1, -0.05) is 0 Å². The number of rotatable bonds is 4. The van der Waals surface area contributed by atoms with Gasteiger partial charge in [0, 0.05) is 17.9 Å². The second kappa shape index (κ2) is 6.61. The number of alkyl halides is 3. The average Bonchev–Trinajstić information content (AvgIpc) is 2.95. The number of aliphatic carboxylic acids is 1. The molecule has 0 aliphatic carbocycles. The van der Waals surface area contributed by atoms with Gasteiger partial charge in [-0.05, 0) is 12.8 Å². The summed E-state index contributed by atoms with van der Waals surface area (Å²) in [6.07, 6.45) is -3.41. The normalized spacial score (nSPS) is 20.4. The number of nitrogens with zero attached hydrogens (tertiary/aromatic N) is 1. The van der Waals surface area contributed by atoms with Crippen molar-refractivity contribution in [2.45, 2.75) is 25.1 Å². The highest BCUT2D eigenvalue weighted by molar-refractivity contribution is 7.09. The number of hydrogen-bond donors (Lipinski definition) is 2. The van der Waals surface area contributed by atoms with Crippen LogP contribution in [0.5, 0.6) is 0 Å². The zero-order chi connectivity index (χ0) is 16.3. The summed E-state index contributed by atoms with van der Waals surface area (Å²) in [6.45, 7) is 0.708. The predicted octanol–water partition coefficient (Wildman–Crippen LogP) is 1.77. The highest BCUT2D eigenvalue weighted by atomic mass is 32.1. The van der Waals surface area contributed by atoms with Crippen molar-refractivity contribution in [3.8, 4) is 0 Å². The maximum absolute atomic E-state index is 12.5. The Morgan fingerprint density at radius 3 is 2.73 bits per heavy atom. The summed E-state index contributed by atoms with van der Waals surface area (Å²) < 4.78 is 42.5. The lowest BCUT2D eigenvalue weighted by molar-refractivity contribution is -0.142. The molecule has 2 heterocycles. The molecule has 1 amide bonds. The van der Waals surface area contributed by atoms with Crippen LogP contribution in [0.4, 0.5) is 13.2 Å². The van der Waals surface area contributed by atoms with Crippen LogP contribution in [0.1, 0.15) is 28.3 Å². The number of carbonyl (C=O) groups is 2. The van der Waals surface area contributed by atoms with Crippen molar-refractivity contribution in [3.63, 3.8) is 0 Å². The van der Waals surface area contributed by atoms with Crippen LogP contribution in [0.15, 0.2) is 5.38 Å². The molecule has 1 aromatic heterocycles. The van der Waals surface area contributed by atoms with Gasteiger partial charge in [-0.3, -0.25) is 4.79 Å². The summed E-state index contributed by atoms with van der Waals surface area (Å²) >= 11 is 0.287. The summed E-state index contributed by atoms with van der Waals surface area (Å²) in [5.74, 6) is -2.62. The molecule has 122 valence electrons. The summed E-state index contributed by atoms with van der Waals surface area (Å²) in [6, 6.07) is -1.22. The second-order valence-corrected chi connectivity index (χ2v) is 5.66. The molecular weight excluding hydrogens is 325 g/mol. The topological polar surface area (TPSA) is 88.5 Å². The van der Waals surface area contributed by atoms with Crippen molar-refractivity contribution in [2.24, 2.45) is 5.92 Å². The molecule has 1 aliphatic rings. The van der Waals surface area contributed by atoms with E-state index in [9.17, 15) is 27.9 Å². The van der Waals surface area contributed by atoms with Crippen LogP contribution in [0.3, 0.4) is 0 Å². The number of ether oxygens (including phenoxy) is 1. The van der Waals surface area contributed by atoms with Gasteiger partial charge in [-0.25, -0.2) is 9.78 Å². The smallest absolute Gasteiger partial charge is 0.443 e. The monoisotopic (exact) mass is 338 g/mol. The standard InChI is InChI=1S/C12H13F3N2O4S/c13-12(14,15)11-16-7(5-22-11)9(18)17-8(10(19)20)6-2-1-3-21-4-6/h5-6,8H,1-4H2,(H,17,18)(H,19,20). The van der Waals surface area contributed by atoms with Crippen LogP contribution >= 0.6 is 11.3 Å². The van der Waals surface area contributed by atoms with Gasteiger partial charge < -0.3 is 15.2 Å². The number of carboxylic acid groups (broad SMARTS) is 1. The minimum atomic E-state index is -4.63. The molecule has 1 fully saturated rings. The molecule has 2 unspecified atom stereocenters. The van der Waals surface area contributed by atoms with Gasteiger partial charge in [0.25, 0.3) is 5.91 Å². The van der Waals surface area contributed by atoms with Crippen LogP contribution in [0, 0.1) is 5.92 Å². The lowest BCUT2D eigenvalue weighted by Gasteiger charge is -2.27. The Labute approximate surface area is 127 Å². The number of halogens is 3. The maximum Gasteiger partial charge on any atom is 0.443 e. The molecule has 1 aliphatic heterocycles. The van der Waals surface area contributed by atoms with Crippen LogP contribution in [-0.2, 0) is 15.7 Å². The predicted molar refractivity (Wildman–Crippen MR) is 69.5 cm³/mol. The summed E-state index contributed by atoms with van der Waals surface area (Å²) in [5, 5.41) is 11.2. The fourth-order valence-electron chi connectivity index (χ4n) is 2.13. The lowest BCUT2D eigenvalue weighted by Crippen LogP contribution is -2.48. The molecule has 6 nitrogen and oxygen atoms in total. The number of carbonyl (C=O) groups excluding carboxylic acids is 1. The number of aromatic nitrogens is 1. The summed E-state index contributed by atoms with van der Waals surface area (Å²) in [7, 11) is 0. The molecule has 0 bridgehead atoms. The van der Waals surface area contributed by atoms with E-state index in [0.717, 1.165) is 5.38 Å². The number of amides is 1. The molecular formula is C12H13F3N2O4S. The molecule has 2 rings (SSSR count). The van der Waals surface area contributed by atoms with Crippen molar-refractivity contribution in [3.05, 3.63) is 16.1 Å². The van der Waals surface area contributed by atoms with E-state index in [4.69, 9.17) is 4.74 Å². The van der Waals surface area contributed by atoms with Gasteiger partial charge in [0.2, 0.25) is 0 Å². The third-order valence-electron chi connectivity index (χ3n) is 3.20. The Balaban J connectivity index is 2.07. The fraction of sp³-hybridized carbons (Fsp3) is 0.583. The van der Waals surface area contributed by atoms with Crippen molar-refractivity contribution < 1.29 is 32.6 Å². The Bertz CT molecular complexity index is 555. The quantitative estimate of drug-likeness (QED) is 0.873. The summed E-state index contributed by atoms with van der Waals surface area (Å²) in [4.78, 5) is 26.4. The summed E-state index contributed by atoms with van der Waals surface area (Å²) in [5.41, 5.74) is -0.444. The van der Waals surface area contributed by atoms with Crippen molar-refractivity contribution in [2.75, 3.05) is 13.2 Å². The first kappa shape index (κ1) is 16.7. The first-order valence-corrected chi connectivity index (χ1v) is 7.31. The van der Waals surface area contributed by atoms with E-state index in [0.29, 0.717) is 19.4 Å². The first-order valence-electron chi connectivity index (χ1n) is 6.43. The molecule has 1 saturated heterocycles. The van der Waals surface area contributed by atoms with Crippen LogP contribution in [0.25, 0.3) is 0 Å². The van der Waals surface area contributed by atoms with Gasteiger partial charge >= 0.3 is 12.1 Å². The van der Waals surface area contributed by atoms with Crippen molar-refractivity contribution in [1.29, 1.82) is 0 Å². The Hall–Kier alpha value is -1.68. The molecule has 2 atom stereocenters. The lowest BCUT2D eigenvalue weighted by atomic mass is 9.93. The van der Waals surface area contributed by atoms with Gasteiger partial charge in [0.15, 0.2) is 5.01 Å². The molecule has 0 saturated carbocycles. The van der Waals surface area contributed by atoms with Gasteiger partial charge in [-0.2, -0.15) is 13.2 Å². The Kier molecular flexibility index (Phi) is 5.01. The molecule has 10 heteroatoms. The van der Waals surface area contributed by atoms with Gasteiger partial charge in [0.05, 0.1) is 6.61 Å². The molecule has 0 radical (unpaired) electrons. The molecule has 22 heavy (non-hydrogen) atoms. The minimum Gasteiger partial charge on any atom is -0.480 e. The van der Waals surface area contributed by atoms with Gasteiger partial charge in [0.1, 0.15) is 11.7 Å². The van der Waals surface area contributed by atoms with E-state index in [2.05, 4.69) is 10.3 Å². The average molecular weight is 338 g/mol. The second-order valence-electron chi connectivity index (χ2n) is 4.80. The number of thiazole rings is 1. The van der Waals surface area contributed by atoms with Crippen molar-refractivity contribution >= 4 is 23.2 Å². The fourth-order valence-corrected chi connectivity index (χ4v) is 2.80. The highest BCUT2D eigenvalue weighted by Crippen LogP contribution is 2.31. The molecule has 0 aromatic carbocycles. The SMILES string of the molecule is O=C(NC(C(=O)O)C1CCCOC1)c1csc(C(F)(F)F)n1. The van der Waals surface area contributed by atoms with E-state index >= 15 is 0 Å². The number of carboxylic acids is 1. The maximum atomic E-state index is 12.5. The third-order valence-corrected chi connectivity index (χ3v) is 4.09. The minimum absolute atomic E-state index is 0.183. The van der Waals surface area contributed by atoms with E-state index in [1.807, 2.05) is 0 Å². The Morgan fingerprint density at radius 2 is 2.23 bits per heavy atom. The number of hydrogen-bond acceptors (Lipinski definition) is 5. The van der Waals surface area contributed by atoms with E-state index in [1.54, 1.807) is 0 Å². The van der Waals surface area contributed by atoms with Gasteiger partial charge in [-0.15, -0.1) is 11.3 Å². The van der Waals surface area contributed by atoms with Crippen LogP contribution in [-0.4, -0.2) is 41.2 Å².